The Hall–Kier alpha value is -0.460. The highest BCUT2D eigenvalue weighted by Gasteiger charge is 2.65. The van der Waals surface area contributed by atoms with E-state index in [2.05, 4.69) is 33.8 Å². The Balaban J connectivity index is 1.52. The fourth-order valence-corrected chi connectivity index (χ4v) is 11.1. The maximum atomic E-state index is 10.9. The third kappa shape index (κ3) is 3.37. The molecule has 0 aliphatic heterocycles. The molecule has 35 heavy (non-hydrogen) atoms. The molecule has 5 N–H and O–H groups in total. The zero-order valence-electron chi connectivity index (χ0n) is 22.6. The fourth-order valence-electron chi connectivity index (χ4n) is 11.1. The molecule has 0 amide bonds. The smallest absolute Gasteiger partial charge is 0.0877 e. The lowest BCUT2D eigenvalue weighted by Crippen LogP contribution is -2.62. The summed E-state index contributed by atoms with van der Waals surface area (Å²) in [5, 5.41) is 53.5. The highest BCUT2D eigenvalue weighted by atomic mass is 16.3. The first kappa shape index (κ1) is 26.2. The van der Waals surface area contributed by atoms with Crippen molar-refractivity contribution in [2.24, 2.45) is 50.7 Å². The van der Waals surface area contributed by atoms with Crippen LogP contribution in [-0.2, 0) is 0 Å². The van der Waals surface area contributed by atoms with Crippen molar-refractivity contribution in [1.82, 2.24) is 0 Å². The van der Waals surface area contributed by atoms with E-state index in [-0.39, 0.29) is 35.4 Å². The van der Waals surface area contributed by atoms with Gasteiger partial charge in [-0.1, -0.05) is 46.3 Å². The van der Waals surface area contributed by atoms with Crippen LogP contribution in [0.5, 0.6) is 0 Å². The predicted octanol–water partition coefficient (Wildman–Crippen LogP) is 4.06. The Morgan fingerprint density at radius 1 is 0.771 bits per heavy atom. The van der Waals surface area contributed by atoms with Crippen LogP contribution in [0.2, 0.25) is 0 Å². The largest absolute Gasteiger partial charge is 0.396 e. The van der Waals surface area contributed by atoms with E-state index >= 15 is 0 Å². The normalized spacial score (nSPS) is 58.2. The Morgan fingerprint density at radius 3 is 2.11 bits per heavy atom. The molecule has 0 aromatic carbocycles. The standard InChI is InChI=1S/C30H50O5/c1-26-12-10-23-27(2,13-11-24(34)29(23,4)16-31)21(26)9-7-19-18(14-26)6-8-22-28(19,3)15-20(33)25(35)30(22,5)17-32/h6,19-25,31-35H,7-17H2,1-5H3. The number of hydrogen-bond acceptors (Lipinski definition) is 5. The number of aliphatic hydroxyl groups excluding tert-OH is 5. The van der Waals surface area contributed by atoms with E-state index in [1.165, 1.54) is 0 Å². The van der Waals surface area contributed by atoms with Crippen molar-refractivity contribution in [2.45, 2.75) is 111 Å². The van der Waals surface area contributed by atoms with Crippen LogP contribution in [0.25, 0.3) is 0 Å². The molecule has 12 unspecified atom stereocenters. The van der Waals surface area contributed by atoms with Gasteiger partial charge in [0.2, 0.25) is 0 Å². The van der Waals surface area contributed by atoms with E-state index < -0.39 is 29.1 Å². The van der Waals surface area contributed by atoms with Gasteiger partial charge in [-0.2, -0.15) is 0 Å². The Kier molecular flexibility index (Phi) is 6.18. The lowest BCUT2D eigenvalue weighted by Gasteiger charge is -2.64. The zero-order valence-corrected chi connectivity index (χ0v) is 22.6. The number of rotatable bonds is 2. The number of aliphatic hydroxyl groups is 5. The van der Waals surface area contributed by atoms with E-state index in [9.17, 15) is 25.5 Å². The molecule has 0 spiro atoms. The molecule has 0 aromatic rings. The van der Waals surface area contributed by atoms with Crippen molar-refractivity contribution in [1.29, 1.82) is 0 Å². The molecule has 0 radical (unpaired) electrons. The minimum absolute atomic E-state index is 0.0470. The Bertz CT molecular complexity index is 873. The van der Waals surface area contributed by atoms with Gasteiger partial charge in [-0.15, -0.1) is 0 Å². The summed E-state index contributed by atoms with van der Waals surface area (Å²) in [4.78, 5) is 0. The van der Waals surface area contributed by atoms with E-state index in [0.717, 1.165) is 51.4 Å². The summed E-state index contributed by atoms with van der Waals surface area (Å²) in [5.74, 6) is 1.36. The maximum Gasteiger partial charge on any atom is 0.0877 e. The monoisotopic (exact) mass is 490 g/mol. The van der Waals surface area contributed by atoms with Gasteiger partial charge >= 0.3 is 0 Å². The highest BCUT2D eigenvalue weighted by molar-refractivity contribution is 5.26. The molecule has 0 bridgehead atoms. The lowest BCUT2D eigenvalue weighted by molar-refractivity contribution is -0.195. The van der Waals surface area contributed by atoms with Gasteiger partial charge in [0.15, 0.2) is 0 Å². The van der Waals surface area contributed by atoms with E-state index in [4.69, 9.17) is 0 Å². The molecular formula is C30H50O5. The van der Waals surface area contributed by atoms with Gasteiger partial charge in [0.25, 0.3) is 0 Å². The topological polar surface area (TPSA) is 101 Å². The first-order chi connectivity index (χ1) is 16.3. The van der Waals surface area contributed by atoms with Gasteiger partial charge in [0.1, 0.15) is 0 Å². The Morgan fingerprint density at radius 2 is 1.46 bits per heavy atom. The SMILES string of the molecule is CC12CCC3C(C)(CO)C(O)CCC3(C)C1CCC1C(=CCC3C1(C)CC(O)C(O)C3(C)CO)C2. The van der Waals surface area contributed by atoms with Gasteiger partial charge in [0.05, 0.1) is 31.5 Å². The van der Waals surface area contributed by atoms with Crippen LogP contribution in [-0.4, -0.2) is 57.1 Å². The predicted molar refractivity (Wildman–Crippen MR) is 136 cm³/mol. The Labute approximate surface area is 212 Å². The second-order valence-corrected chi connectivity index (χ2v) is 14.8. The molecule has 0 saturated heterocycles. The van der Waals surface area contributed by atoms with Crippen molar-refractivity contribution in [3.8, 4) is 0 Å². The van der Waals surface area contributed by atoms with E-state index in [1.54, 1.807) is 5.57 Å². The molecule has 5 rings (SSSR count). The van der Waals surface area contributed by atoms with E-state index in [1.807, 2.05) is 6.92 Å². The number of allylic oxidation sites excluding steroid dienone is 2. The van der Waals surface area contributed by atoms with Crippen molar-refractivity contribution in [2.75, 3.05) is 13.2 Å². The van der Waals surface area contributed by atoms with Gasteiger partial charge in [-0.05, 0) is 97.7 Å². The average molecular weight is 491 g/mol. The van der Waals surface area contributed by atoms with Crippen molar-refractivity contribution < 1.29 is 25.5 Å². The fraction of sp³-hybridized carbons (Fsp3) is 0.933. The summed E-state index contributed by atoms with van der Waals surface area (Å²) in [7, 11) is 0. The van der Waals surface area contributed by atoms with Crippen LogP contribution >= 0.6 is 0 Å². The summed E-state index contributed by atoms with van der Waals surface area (Å²) in [5.41, 5.74) is 0.557. The van der Waals surface area contributed by atoms with Crippen LogP contribution < -0.4 is 0 Å². The molecule has 0 aromatic heterocycles. The van der Waals surface area contributed by atoms with Gasteiger partial charge < -0.3 is 25.5 Å². The first-order valence-corrected chi connectivity index (χ1v) is 14.2. The van der Waals surface area contributed by atoms with Crippen LogP contribution in [0.15, 0.2) is 11.6 Å². The molecule has 12 atom stereocenters. The van der Waals surface area contributed by atoms with Crippen molar-refractivity contribution >= 4 is 0 Å². The quantitative estimate of drug-likeness (QED) is 0.376. The summed E-state index contributed by atoms with van der Waals surface area (Å²) in [6.07, 6.45) is 9.01. The van der Waals surface area contributed by atoms with Gasteiger partial charge in [0, 0.05) is 10.8 Å². The third-order valence-corrected chi connectivity index (χ3v) is 13.1. The van der Waals surface area contributed by atoms with Crippen LogP contribution in [0.1, 0.15) is 92.4 Å². The molecule has 5 aliphatic rings. The second kappa shape index (κ2) is 8.27. The minimum Gasteiger partial charge on any atom is -0.396 e. The minimum atomic E-state index is -0.893. The molecule has 0 heterocycles. The first-order valence-electron chi connectivity index (χ1n) is 14.2. The van der Waals surface area contributed by atoms with Crippen LogP contribution in [0.4, 0.5) is 0 Å². The van der Waals surface area contributed by atoms with Crippen molar-refractivity contribution in [3.05, 3.63) is 11.6 Å². The number of hydrogen-bond donors (Lipinski definition) is 5. The summed E-state index contributed by atoms with van der Waals surface area (Å²) in [6.45, 7) is 11.3. The third-order valence-electron chi connectivity index (χ3n) is 13.1. The van der Waals surface area contributed by atoms with Crippen LogP contribution in [0.3, 0.4) is 0 Å². The lowest BCUT2D eigenvalue weighted by atomic mass is 9.42. The molecule has 5 nitrogen and oxygen atoms in total. The average Bonchev–Trinajstić information content (AvgIpc) is 2.97. The van der Waals surface area contributed by atoms with Crippen LogP contribution in [0, 0.1) is 50.7 Å². The summed E-state index contributed by atoms with van der Waals surface area (Å²) >= 11 is 0. The summed E-state index contributed by atoms with van der Waals surface area (Å²) in [6, 6.07) is 0. The summed E-state index contributed by atoms with van der Waals surface area (Å²) < 4.78 is 0. The molecule has 5 heteroatoms. The molecule has 200 valence electrons. The molecule has 4 fully saturated rings. The van der Waals surface area contributed by atoms with E-state index in [0.29, 0.717) is 24.2 Å². The van der Waals surface area contributed by atoms with Gasteiger partial charge in [-0.3, -0.25) is 0 Å². The molecule has 5 aliphatic carbocycles. The van der Waals surface area contributed by atoms with Crippen molar-refractivity contribution in [3.63, 3.8) is 0 Å². The molecular weight excluding hydrogens is 440 g/mol. The maximum absolute atomic E-state index is 10.9. The number of fused-ring (bicyclic) bond motifs is 6. The molecule has 4 saturated carbocycles. The second-order valence-electron chi connectivity index (χ2n) is 14.8. The zero-order chi connectivity index (χ0) is 25.6. The highest BCUT2D eigenvalue weighted by Crippen LogP contribution is 2.70. The van der Waals surface area contributed by atoms with Gasteiger partial charge in [-0.25, -0.2) is 0 Å².